The Morgan fingerprint density at radius 1 is 1.25 bits per heavy atom. The molecule has 0 amide bonds. The molecular formula is C20H20N3O4S-. The number of ether oxygens (including phenoxy) is 1. The van der Waals surface area contributed by atoms with Crippen LogP contribution < -0.4 is 10.4 Å². The maximum atomic E-state index is 11.4. The SMILES string of the molecule is COC(=O)CCn1c(C)cc(-c2csc(Nc3ccc(C(=O)[O-])cc3)n2)c1C. The number of aromatic nitrogens is 2. The molecule has 0 spiro atoms. The van der Waals surface area contributed by atoms with Gasteiger partial charge in [-0.15, -0.1) is 11.3 Å². The zero-order valence-corrected chi connectivity index (χ0v) is 16.6. The highest BCUT2D eigenvalue weighted by Gasteiger charge is 2.15. The summed E-state index contributed by atoms with van der Waals surface area (Å²) in [4.78, 5) is 26.9. The predicted octanol–water partition coefficient (Wildman–Crippen LogP) is 2.90. The second-order valence-corrected chi connectivity index (χ2v) is 7.15. The molecule has 8 heteroatoms. The van der Waals surface area contributed by atoms with E-state index in [2.05, 4.69) is 20.9 Å². The van der Waals surface area contributed by atoms with Crippen LogP contribution in [0.3, 0.4) is 0 Å². The molecule has 28 heavy (non-hydrogen) atoms. The van der Waals surface area contributed by atoms with Crippen LogP contribution in [0.4, 0.5) is 10.8 Å². The van der Waals surface area contributed by atoms with Crippen LogP contribution in [0, 0.1) is 13.8 Å². The molecule has 7 nitrogen and oxygen atoms in total. The average molecular weight is 398 g/mol. The summed E-state index contributed by atoms with van der Waals surface area (Å²) in [6, 6.07) is 8.37. The van der Waals surface area contributed by atoms with Crippen molar-refractivity contribution in [3.63, 3.8) is 0 Å². The zero-order valence-electron chi connectivity index (χ0n) is 15.8. The summed E-state index contributed by atoms with van der Waals surface area (Å²) in [7, 11) is 1.39. The molecule has 146 valence electrons. The number of rotatable bonds is 7. The smallest absolute Gasteiger partial charge is 0.307 e. The highest BCUT2D eigenvalue weighted by Crippen LogP contribution is 2.31. The third kappa shape index (κ3) is 4.23. The molecule has 0 radical (unpaired) electrons. The lowest BCUT2D eigenvalue weighted by Crippen LogP contribution is -2.21. The summed E-state index contributed by atoms with van der Waals surface area (Å²) in [6.45, 7) is 4.56. The second kappa shape index (κ2) is 8.26. The number of methoxy groups -OCH3 is 1. The summed E-state index contributed by atoms with van der Waals surface area (Å²) < 4.78 is 6.80. The molecule has 1 N–H and O–H groups in total. The Balaban J connectivity index is 1.76. The Bertz CT molecular complexity index is 1010. The van der Waals surface area contributed by atoms with Crippen molar-refractivity contribution in [2.75, 3.05) is 12.4 Å². The first-order valence-electron chi connectivity index (χ1n) is 8.67. The van der Waals surface area contributed by atoms with Crippen molar-refractivity contribution in [1.29, 1.82) is 0 Å². The van der Waals surface area contributed by atoms with Crippen molar-refractivity contribution in [3.05, 3.63) is 52.7 Å². The number of esters is 1. The maximum absolute atomic E-state index is 11.4. The van der Waals surface area contributed by atoms with Gasteiger partial charge in [-0.2, -0.15) is 0 Å². The van der Waals surface area contributed by atoms with Crippen molar-refractivity contribution in [2.45, 2.75) is 26.8 Å². The van der Waals surface area contributed by atoms with Crippen LogP contribution in [0.2, 0.25) is 0 Å². The van der Waals surface area contributed by atoms with E-state index in [1.54, 1.807) is 12.1 Å². The van der Waals surface area contributed by atoms with E-state index in [0.29, 0.717) is 18.1 Å². The molecule has 0 saturated carbocycles. The van der Waals surface area contributed by atoms with Gasteiger partial charge in [0.15, 0.2) is 5.13 Å². The molecule has 0 bridgehead atoms. The standard InChI is InChI=1S/C20H21N3O4S/c1-12-10-16(13(2)23(12)9-8-18(24)27-3)17-11-28-20(22-17)21-15-6-4-14(5-7-15)19(25)26/h4-7,10-11H,8-9H2,1-3H3,(H,21,22)(H,25,26)/p-1. The second-order valence-electron chi connectivity index (χ2n) is 6.29. The van der Waals surface area contributed by atoms with E-state index in [1.807, 2.05) is 19.2 Å². The molecule has 1 aromatic carbocycles. The van der Waals surface area contributed by atoms with Gasteiger partial charge in [0.05, 0.1) is 25.2 Å². The first-order chi connectivity index (χ1) is 13.4. The molecule has 0 unspecified atom stereocenters. The Kier molecular flexibility index (Phi) is 5.79. The van der Waals surface area contributed by atoms with Crippen LogP contribution in [-0.4, -0.2) is 28.6 Å². The summed E-state index contributed by atoms with van der Waals surface area (Å²) in [5.41, 5.74) is 4.82. The number of hydrogen-bond donors (Lipinski definition) is 1. The minimum atomic E-state index is -1.20. The van der Waals surface area contributed by atoms with E-state index in [0.717, 1.165) is 28.3 Å². The predicted molar refractivity (Wildman–Crippen MR) is 106 cm³/mol. The molecule has 0 fully saturated rings. The highest BCUT2D eigenvalue weighted by atomic mass is 32.1. The van der Waals surface area contributed by atoms with E-state index < -0.39 is 5.97 Å². The number of anilines is 2. The van der Waals surface area contributed by atoms with Crippen LogP contribution in [-0.2, 0) is 16.1 Å². The van der Waals surface area contributed by atoms with Crippen molar-refractivity contribution in [1.82, 2.24) is 9.55 Å². The quantitative estimate of drug-likeness (QED) is 0.615. The number of carbonyl (C=O) groups is 2. The van der Waals surface area contributed by atoms with Gasteiger partial charge in [0.2, 0.25) is 0 Å². The van der Waals surface area contributed by atoms with Gasteiger partial charge in [0.25, 0.3) is 0 Å². The molecule has 0 saturated heterocycles. The molecule has 2 aromatic heterocycles. The number of aryl methyl sites for hydroxylation is 1. The van der Waals surface area contributed by atoms with Gasteiger partial charge < -0.3 is 24.5 Å². The van der Waals surface area contributed by atoms with Crippen LogP contribution >= 0.6 is 11.3 Å². The van der Waals surface area contributed by atoms with Gasteiger partial charge in [-0.1, -0.05) is 12.1 Å². The lowest BCUT2D eigenvalue weighted by molar-refractivity contribution is -0.255. The molecule has 0 aliphatic rings. The van der Waals surface area contributed by atoms with Crippen molar-refractivity contribution in [2.24, 2.45) is 0 Å². The first-order valence-corrected chi connectivity index (χ1v) is 9.55. The molecule has 3 aromatic rings. The Morgan fingerprint density at radius 3 is 2.61 bits per heavy atom. The summed E-state index contributed by atoms with van der Waals surface area (Å²) in [5.74, 6) is -1.44. The number of thiazole rings is 1. The van der Waals surface area contributed by atoms with Gasteiger partial charge in [-0.3, -0.25) is 4.79 Å². The van der Waals surface area contributed by atoms with Gasteiger partial charge in [0, 0.05) is 34.6 Å². The summed E-state index contributed by atoms with van der Waals surface area (Å²) >= 11 is 1.46. The van der Waals surface area contributed by atoms with E-state index in [1.165, 1.54) is 30.6 Å². The van der Waals surface area contributed by atoms with Gasteiger partial charge >= 0.3 is 5.97 Å². The van der Waals surface area contributed by atoms with Gasteiger partial charge in [-0.05, 0) is 37.6 Å². The third-order valence-electron chi connectivity index (χ3n) is 4.49. The normalized spacial score (nSPS) is 10.7. The number of nitrogens with one attached hydrogen (secondary N) is 1. The van der Waals surface area contributed by atoms with Crippen LogP contribution in [0.15, 0.2) is 35.7 Å². The number of aromatic carboxylic acids is 1. The number of carboxylic acids is 1. The Hall–Kier alpha value is -3.13. The Morgan fingerprint density at radius 2 is 1.96 bits per heavy atom. The molecule has 0 aliphatic heterocycles. The number of nitrogens with zero attached hydrogens (tertiary/aromatic N) is 2. The zero-order chi connectivity index (χ0) is 20.3. The fourth-order valence-corrected chi connectivity index (χ4v) is 3.71. The molecule has 2 heterocycles. The fraction of sp³-hybridized carbons (Fsp3) is 0.250. The van der Waals surface area contributed by atoms with E-state index in [-0.39, 0.29) is 11.5 Å². The highest BCUT2D eigenvalue weighted by molar-refractivity contribution is 7.14. The topological polar surface area (TPSA) is 96.3 Å². The number of hydrogen-bond acceptors (Lipinski definition) is 7. The minimum absolute atomic E-state index is 0.129. The molecule has 0 aliphatic carbocycles. The largest absolute Gasteiger partial charge is 0.545 e. The Labute approximate surface area is 166 Å². The molecule has 0 atom stereocenters. The van der Waals surface area contributed by atoms with Crippen molar-refractivity contribution < 1.29 is 19.4 Å². The van der Waals surface area contributed by atoms with Crippen LogP contribution in [0.1, 0.15) is 28.2 Å². The molecular weight excluding hydrogens is 378 g/mol. The van der Waals surface area contributed by atoms with Crippen LogP contribution in [0.5, 0.6) is 0 Å². The van der Waals surface area contributed by atoms with E-state index >= 15 is 0 Å². The van der Waals surface area contributed by atoms with E-state index in [9.17, 15) is 14.7 Å². The number of carbonyl (C=O) groups excluding carboxylic acids is 2. The molecule has 3 rings (SSSR count). The van der Waals surface area contributed by atoms with Crippen molar-refractivity contribution >= 4 is 34.1 Å². The lowest BCUT2D eigenvalue weighted by atomic mass is 10.2. The number of carboxylic acid groups (broad SMARTS) is 1. The third-order valence-corrected chi connectivity index (χ3v) is 5.25. The summed E-state index contributed by atoms with van der Waals surface area (Å²) in [6.07, 6.45) is 0.317. The van der Waals surface area contributed by atoms with Gasteiger partial charge in [-0.25, -0.2) is 4.98 Å². The average Bonchev–Trinajstić information content (AvgIpc) is 3.24. The van der Waals surface area contributed by atoms with Crippen LogP contribution in [0.25, 0.3) is 11.3 Å². The minimum Gasteiger partial charge on any atom is -0.545 e. The first kappa shape index (κ1) is 19.6. The lowest BCUT2D eigenvalue weighted by Gasteiger charge is -2.08. The maximum Gasteiger partial charge on any atom is 0.307 e. The van der Waals surface area contributed by atoms with Crippen molar-refractivity contribution in [3.8, 4) is 11.3 Å². The monoisotopic (exact) mass is 398 g/mol. The van der Waals surface area contributed by atoms with E-state index in [4.69, 9.17) is 4.74 Å². The fourth-order valence-electron chi connectivity index (χ4n) is 2.98. The van der Waals surface area contributed by atoms with Gasteiger partial charge in [0.1, 0.15) is 0 Å². The number of benzene rings is 1. The summed E-state index contributed by atoms with van der Waals surface area (Å²) in [5, 5.41) is 16.7.